The molecule has 0 unspecified atom stereocenters. The summed E-state index contributed by atoms with van der Waals surface area (Å²) < 4.78 is 0. The third-order valence-electron chi connectivity index (χ3n) is 9.01. The molecule has 2 N–H and O–H groups in total. The van der Waals surface area contributed by atoms with E-state index < -0.39 is 0 Å². The number of aromatic nitrogens is 3. The number of hydrogen-bond acceptors (Lipinski definition) is 11. The minimum Gasteiger partial charge on any atom is -0.324 e. The van der Waals surface area contributed by atoms with E-state index in [-0.39, 0.29) is 0 Å². The molecule has 0 radical (unpaired) electrons. The molecule has 0 spiro atoms. The lowest BCUT2D eigenvalue weighted by molar-refractivity contribution is 0.889. The van der Waals surface area contributed by atoms with Gasteiger partial charge in [0.2, 0.25) is 11.9 Å². The molecule has 5 nitrogen and oxygen atoms in total. The molecule has 11 heteroatoms. The molecule has 0 amide bonds. The molecule has 0 atom stereocenters. The van der Waals surface area contributed by atoms with Gasteiger partial charge in [-0.1, -0.05) is 110 Å². The molecule has 1 heterocycles. The van der Waals surface area contributed by atoms with Crippen molar-refractivity contribution in [2.45, 2.75) is 155 Å². The van der Waals surface area contributed by atoms with Crippen molar-refractivity contribution in [3.05, 3.63) is 54.1 Å². The highest BCUT2D eigenvalue weighted by atomic mass is 32.2. The van der Waals surface area contributed by atoms with E-state index in [0.29, 0.717) is 17.7 Å². The zero-order valence-corrected chi connectivity index (χ0v) is 40.5. The number of anilines is 4. The highest BCUT2D eigenvalue weighted by molar-refractivity contribution is 8.04. The van der Waals surface area contributed by atoms with Gasteiger partial charge >= 0.3 is 0 Å². The van der Waals surface area contributed by atoms with Crippen LogP contribution in [-0.2, 0) is 0 Å². The number of nitrogens with one attached hydrogen (secondary N) is 2. The van der Waals surface area contributed by atoms with Gasteiger partial charge in [0, 0.05) is 46.3 Å². The van der Waals surface area contributed by atoms with Crippen molar-refractivity contribution in [1.29, 1.82) is 0 Å². The zero-order valence-electron chi connectivity index (χ0n) is 35.6. The molecular weight excluding hydrogens is 815 g/mol. The van der Waals surface area contributed by atoms with Gasteiger partial charge in [0.1, 0.15) is 0 Å². The Bertz CT molecular complexity index is 1590. The molecule has 4 rings (SSSR count). The van der Waals surface area contributed by atoms with Crippen LogP contribution in [0.4, 0.5) is 23.3 Å². The lowest BCUT2D eigenvalue weighted by Crippen LogP contribution is -2.06. The van der Waals surface area contributed by atoms with Crippen LogP contribution in [0.5, 0.6) is 0 Å². The Morgan fingerprint density at radius 3 is 1.05 bits per heavy atom. The molecule has 4 aromatic rings. The molecule has 0 saturated heterocycles. The third kappa shape index (κ3) is 16.7. The van der Waals surface area contributed by atoms with Crippen LogP contribution in [0, 0.1) is 6.92 Å². The summed E-state index contributed by atoms with van der Waals surface area (Å²) in [6.07, 6.45) is 14.5. The Morgan fingerprint density at radius 1 is 0.421 bits per heavy atom. The van der Waals surface area contributed by atoms with E-state index in [2.05, 4.69) is 108 Å². The van der Waals surface area contributed by atoms with E-state index in [0.717, 1.165) is 51.5 Å². The summed E-state index contributed by atoms with van der Waals surface area (Å²) in [4.78, 5) is 23.5. The fourth-order valence-electron chi connectivity index (χ4n) is 5.53. The first kappa shape index (κ1) is 48.0. The summed E-state index contributed by atoms with van der Waals surface area (Å²) in [5.74, 6) is 8.50. The predicted molar refractivity (Wildman–Crippen MR) is 263 cm³/mol. The van der Waals surface area contributed by atoms with Gasteiger partial charge in [-0.3, -0.25) is 0 Å². The van der Waals surface area contributed by atoms with Gasteiger partial charge < -0.3 is 10.6 Å². The minimum atomic E-state index is 0.547. The summed E-state index contributed by atoms with van der Waals surface area (Å²) in [5.41, 5.74) is 4.23. The molecule has 0 aliphatic rings. The third-order valence-corrected chi connectivity index (χ3v) is 16.5. The fourth-order valence-corrected chi connectivity index (χ4v) is 13.6. The minimum absolute atomic E-state index is 0.547. The van der Waals surface area contributed by atoms with E-state index in [4.69, 9.17) is 15.0 Å². The Morgan fingerprint density at radius 2 is 0.737 bits per heavy atom. The maximum Gasteiger partial charge on any atom is 0.232 e. The maximum absolute atomic E-state index is 5.07. The summed E-state index contributed by atoms with van der Waals surface area (Å²) >= 11 is 12.0. The van der Waals surface area contributed by atoms with Crippen LogP contribution in [0.1, 0.15) is 124 Å². The van der Waals surface area contributed by atoms with Crippen LogP contribution in [0.2, 0.25) is 0 Å². The number of thioether (sulfide) groups is 6. The molecule has 57 heavy (non-hydrogen) atoms. The highest BCUT2D eigenvalue weighted by Gasteiger charge is 2.18. The van der Waals surface area contributed by atoms with E-state index in [1.807, 2.05) is 70.6 Å². The number of aryl methyl sites for hydroxylation is 1. The summed E-state index contributed by atoms with van der Waals surface area (Å²) in [6.45, 7) is 15.8. The molecule has 0 bridgehead atoms. The van der Waals surface area contributed by atoms with Gasteiger partial charge in [-0.05, 0) is 104 Å². The molecule has 312 valence electrons. The fraction of sp³-hybridized carbons (Fsp3) is 0.543. The standard InChI is InChI=1S/C46H67N5S6/c1-8-14-24-52-38-30-36(31-39(53-25-15-9-2)42(38)56-28-18-12-5)47-45-49-44(35-22-20-34(7)21-23-35)50-46(51-45)48-37-32-40(54-26-16-10-3)43(57-29-19-13-6)41(33-37)55-27-17-11-4/h20-23,30-33H,8-19,24-29H2,1-7H3,(H2,47,48,49,50,51). The Hall–Kier alpha value is -1.63. The van der Waals surface area contributed by atoms with Crippen molar-refractivity contribution < 1.29 is 0 Å². The van der Waals surface area contributed by atoms with Crippen LogP contribution in [0.3, 0.4) is 0 Å². The van der Waals surface area contributed by atoms with Crippen LogP contribution >= 0.6 is 70.6 Å². The Balaban J connectivity index is 1.79. The van der Waals surface area contributed by atoms with E-state index in [1.54, 1.807) is 0 Å². The molecule has 1 aromatic heterocycles. The van der Waals surface area contributed by atoms with Crippen LogP contribution in [-0.4, -0.2) is 49.5 Å². The van der Waals surface area contributed by atoms with Crippen LogP contribution < -0.4 is 10.6 Å². The van der Waals surface area contributed by atoms with Gasteiger partial charge in [-0.15, -0.1) is 70.6 Å². The average Bonchev–Trinajstić information content (AvgIpc) is 3.20. The van der Waals surface area contributed by atoms with E-state index in [1.165, 1.54) is 112 Å². The molecule has 0 aliphatic carbocycles. The second-order valence-corrected chi connectivity index (χ2v) is 21.0. The lowest BCUT2D eigenvalue weighted by Gasteiger charge is -2.18. The number of benzene rings is 3. The van der Waals surface area contributed by atoms with E-state index in [9.17, 15) is 0 Å². The maximum atomic E-state index is 5.07. The first-order chi connectivity index (χ1) is 27.9. The second kappa shape index (κ2) is 28.0. The van der Waals surface area contributed by atoms with Crippen LogP contribution in [0.25, 0.3) is 11.4 Å². The first-order valence-corrected chi connectivity index (χ1v) is 27.3. The van der Waals surface area contributed by atoms with Gasteiger partial charge in [0.05, 0.1) is 0 Å². The lowest BCUT2D eigenvalue weighted by atomic mass is 10.1. The van der Waals surface area contributed by atoms with Crippen molar-refractivity contribution in [3.63, 3.8) is 0 Å². The van der Waals surface area contributed by atoms with Crippen molar-refractivity contribution >= 4 is 93.8 Å². The number of hydrogen-bond donors (Lipinski definition) is 2. The van der Waals surface area contributed by atoms with Crippen molar-refractivity contribution in [3.8, 4) is 11.4 Å². The topological polar surface area (TPSA) is 62.7 Å². The monoisotopic (exact) mass is 881 g/mol. The van der Waals surface area contributed by atoms with Crippen molar-refractivity contribution in [2.24, 2.45) is 0 Å². The van der Waals surface area contributed by atoms with Gasteiger partial charge in [0.25, 0.3) is 0 Å². The van der Waals surface area contributed by atoms with Crippen molar-refractivity contribution in [2.75, 3.05) is 45.2 Å². The van der Waals surface area contributed by atoms with Gasteiger partial charge in [0.15, 0.2) is 5.82 Å². The van der Waals surface area contributed by atoms with Crippen LogP contribution in [0.15, 0.2) is 77.9 Å². The molecule has 0 fully saturated rings. The second-order valence-electron chi connectivity index (χ2n) is 14.2. The first-order valence-electron chi connectivity index (χ1n) is 21.4. The smallest absolute Gasteiger partial charge is 0.232 e. The number of rotatable bonds is 29. The predicted octanol–water partition coefficient (Wildman–Crippen LogP) is 16.7. The Kier molecular flexibility index (Phi) is 23.6. The molecule has 0 saturated carbocycles. The largest absolute Gasteiger partial charge is 0.324 e. The molecule has 3 aromatic carbocycles. The number of unbranched alkanes of at least 4 members (excludes halogenated alkanes) is 6. The number of nitrogens with zero attached hydrogens (tertiary/aromatic N) is 3. The summed E-state index contributed by atoms with van der Waals surface area (Å²) in [7, 11) is 0. The van der Waals surface area contributed by atoms with E-state index >= 15 is 0 Å². The summed E-state index contributed by atoms with van der Waals surface area (Å²) in [6, 6.07) is 17.8. The SMILES string of the molecule is CCCCSc1cc(Nc2nc(Nc3cc(SCCCC)c(SCCCC)c(SCCCC)c3)nc(-c3ccc(C)cc3)n2)cc(SCCCC)c1SCCCC. The van der Waals surface area contributed by atoms with Gasteiger partial charge in [-0.2, -0.15) is 15.0 Å². The molecular formula is C46H67N5S6. The molecule has 0 aliphatic heterocycles. The Labute approximate surface area is 371 Å². The quantitative estimate of drug-likeness (QED) is 0.0405. The zero-order chi connectivity index (χ0) is 40.7. The van der Waals surface area contributed by atoms with Gasteiger partial charge in [-0.25, -0.2) is 0 Å². The highest BCUT2D eigenvalue weighted by Crippen LogP contribution is 2.44. The average molecular weight is 882 g/mol. The normalized spacial score (nSPS) is 11.4. The summed E-state index contributed by atoms with van der Waals surface area (Å²) in [5, 5.41) is 7.37. The van der Waals surface area contributed by atoms with Crippen molar-refractivity contribution in [1.82, 2.24) is 15.0 Å².